The molecule has 7 amide bonds. The first-order chi connectivity index (χ1) is 26.7. The number of rotatable bonds is 20. The molecule has 0 saturated heterocycles. The molecule has 5 atom stereocenters. The molecule has 3 aromatic carbocycles. The quantitative estimate of drug-likeness (QED) is 0.0768. The van der Waals surface area contributed by atoms with E-state index in [0.717, 1.165) is 5.56 Å². The molecule has 0 aromatic heterocycles. The average molecular weight is 774 g/mol. The first-order valence-corrected chi connectivity index (χ1v) is 17.7. The van der Waals surface area contributed by atoms with Crippen molar-refractivity contribution in [3.05, 3.63) is 108 Å². The van der Waals surface area contributed by atoms with Crippen LogP contribution >= 0.6 is 0 Å². The lowest BCUT2D eigenvalue weighted by molar-refractivity contribution is -0.138. The fourth-order valence-corrected chi connectivity index (χ4v) is 5.06. The van der Waals surface area contributed by atoms with Crippen molar-refractivity contribution in [2.24, 2.45) is 0 Å². The number of nitrogens with one attached hydrogen (secondary N) is 7. The summed E-state index contributed by atoms with van der Waals surface area (Å²) in [6, 6.07) is 20.7. The summed E-state index contributed by atoms with van der Waals surface area (Å²) in [5.74, 6) is -5.64. The Kier molecular flexibility index (Phi) is 17.5. The number of carbonyl (C=O) groups excluding carboxylic acids is 7. The van der Waals surface area contributed by atoms with Gasteiger partial charge in [0.1, 0.15) is 43.4 Å². The number of alkyl carbamates (subject to hydrolysis) is 1. The highest BCUT2D eigenvalue weighted by Gasteiger charge is 2.29. The van der Waals surface area contributed by atoms with Crippen LogP contribution in [-0.4, -0.2) is 95.9 Å². The summed E-state index contributed by atoms with van der Waals surface area (Å²) in [5, 5.41) is 26.0. The molecule has 0 unspecified atom stereocenters. The van der Waals surface area contributed by atoms with Crippen LogP contribution in [0, 0.1) is 0 Å². The third-order valence-corrected chi connectivity index (χ3v) is 8.13. The summed E-state index contributed by atoms with van der Waals surface area (Å²) in [5.41, 5.74) is 2.14. The minimum atomic E-state index is -1.27. The summed E-state index contributed by atoms with van der Waals surface area (Å²) < 4.78 is 5.18. The van der Waals surface area contributed by atoms with Crippen molar-refractivity contribution in [1.82, 2.24) is 37.2 Å². The van der Waals surface area contributed by atoms with Crippen molar-refractivity contribution < 1.29 is 48.2 Å². The van der Waals surface area contributed by atoms with Gasteiger partial charge in [-0.1, -0.05) is 91.0 Å². The number of aliphatic carboxylic acids is 1. The molecule has 8 N–H and O–H groups in total. The summed E-state index contributed by atoms with van der Waals surface area (Å²) in [6.07, 6.45) is -0.762. The van der Waals surface area contributed by atoms with E-state index in [4.69, 9.17) is 9.84 Å². The highest BCUT2D eigenvalue weighted by atomic mass is 16.5. The molecule has 0 aliphatic carbocycles. The minimum Gasteiger partial charge on any atom is -0.480 e. The van der Waals surface area contributed by atoms with Gasteiger partial charge in [0.15, 0.2) is 0 Å². The van der Waals surface area contributed by atoms with Gasteiger partial charge in [0.2, 0.25) is 35.4 Å². The molecule has 0 heterocycles. The Morgan fingerprint density at radius 1 is 0.500 bits per heavy atom. The Morgan fingerprint density at radius 2 is 0.929 bits per heavy atom. The number of carboxylic acids is 1. The zero-order valence-electron chi connectivity index (χ0n) is 31.2. The van der Waals surface area contributed by atoms with Gasteiger partial charge in [-0.25, -0.2) is 4.79 Å². The van der Waals surface area contributed by atoms with Crippen LogP contribution in [0.3, 0.4) is 0 Å². The smallest absolute Gasteiger partial charge is 0.408 e. The highest BCUT2D eigenvalue weighted by Crippen LogP contribution is 2.07. The van der Waals surface area contributed by atoms with Gasteiger partial charge in [0.05, 0.1) is 6.54 Å². The molecule has 0 radical (unpaired) electrons. The predicted molar refractivity (Wildman–Crippen MR) is 202 cm³/mol. The van der Waals surface area contributed by atoms with E-state index in [9.17, 15) is 38.4 Å². The van der Waals surface area contributed by atoms with Gasteiger partial charge < -0.3 is 47.1 Å². The van der Waals surface area contributed by atoms with Crippen molar-refractivity contribution >= 4 is 47.5 Å². The second-order valence-corrected chi connectivity index (χ2v) is 12.8. The molecule has 17 heteroatoms. The van der Waals surface area contributed by atoms with Gasteiger partial charge in [0, 0.05) is 12.8 Å². The van der Waals surface area contributed by atoms with Crippen LogP contribution in [0.4, 0.5) is 4.79 Å². The lowest BCUT2D eigenvalue weighted by atomic mass is 10.0. The third-order valence-electron chi connectivity index (χ3n) is 8.13. The highest BCUT2D eigenvalue weighted by molar-refractivity contribution is 5.96. The lowest BCUT2D eigenvalue weighted by Gasteiger charge is -2.23. The fraction of sp³-hybridized carbons (Fsp3) is 0.333. The molecule has 56 heavy (non-hydrogen) atoms. The summed E-state index contributed by atoms with van der Waals surface area (Å²) in [7, 11) is 0. The van der Waals surface area contributed by atoms with E-state index >= 15 is 0 Å². The normalized spacial score (nSPS) is 13.2. The van der Waals surface area contributed by atoms with Crippen molar-refractivity contribution in [2.45, 2.75) is 70.4 Å². The van der Waals surface area contributed by atoms with Gasteiger partial charge in [-0.15, -0.1) is 0 Å². The second-order valence-electron chi connectivity index (χ2n) is 12.8. The second kappa shape index (κ2) is 22.4. The van der Waals surface area contributed by atoms with Crippen molar-refractivity contribution in [1.29, 1.82) is 0 Å². The predicted octanol–water partition coefficient (Wildman–Crippen LogP) is 0.0827. The molecular weight excluding hydrogens is 726 g/mol. The summed E-state index contributed by atoms with van der Waals surface area (Å²) in [6.45, 7) is 2.91. The van der Waals surface area contributed by atoms with E-state index in [1.807, 2.05) is 6.07 Å². The summed E-state index contributed by atoms with van der Waals surface area (Å²) in [4.78, 5) is 101. The van der Waals surface area contributed by atoms with Crippen LogP contribution in [-0.2, 0) is 57.7 Å². The van der Waals surface area contributed by atoms with Crippen LogP contribution in [0.1, 0.15) is 37.5 Å². The maximum absolute atomic E-state index is 13.3. The SMILES string of the molecule is C[C@H](NC(=O)CNC(=O)[C@H](Cc1ccccc1)NC(=O)[C@H](C)NC(=O)OCc1ccccc1)C(=O)N[C@@H](Cc1ccccc1)C(=O)N[C@@H](C)C(=O)NCC(=O)O. The lowest BCUT2D eigenvalue weighted by Crippen LogP contribution is -2.57. The van der Waals surface area contributed by atoms with Gasteiger partial charge in [0.25, 0.3) is 0 Å². The van der Waals surface area contributed by atoms with E-state index < -0.39 is 90.8 Å². The zero-order chi connectivity index (χ0) is 41.0. The molecule has 0 aliphatic heterocycles. The molecule has 3 rings (SSSR count). The maximum atomic E-state index is 13.3. The molecule has 0 saturated carbocycles. The molecule has 0 fully saturated rings. The number of carboxylic acid groups (broad SMARTS) is 1. The van der Waals surface area contributed by atoms with Gasteiger partial charge in [-0.2, -0.15) is 0 Å². The number of hydrogen-bond donors (Lipinski definition) is 8. The van der Waals surface area contributed by atoms with E-state index in [1.54, 1.807) is 84.9 Å². The van der Waals surface area contributed by atoms with Gasteiger partial charge in [-0.3, -0.25) is 33.6 Å². The first-order valence-electron chi connectivity index (χ1n) is 17.7. The van der Waals surface area contributed by atoms with Crippen LogP contribution in [0.2, 0.25) is 0 Å². The monoisotopic (exact) mass is 773 g/mol. The topological polar surface area (TPSA) is 250 Å². The average Bonchev–Trinajstić information content (AvgIpc) is 3.18. The Bertz CT molecular complexity index is 1810. The Morgan fingerprint density at radius 3 is 1.43 bits per heavy atom. The van der Waals surface area contributed by atoms with E-state index in [0.29, 0.717) is 11.1 Å². The van der Waals surface area contributed by atoms with E-state index in [2.05, 4.69) is 37.2 Å². The van der Waals surface area contributed by atoms with Crippen molar-refractivity contribution in [3.63, 3.8) is 0 Å². The maximum Gasteiger partial charge on any atom is 0.408 e. The number of amides is 7. The van der Waals surface area contributed by atoms with Crippen LogP contribution in [0.25, 0.3) is 0 Å². The van der Waals surface area contributed by atoms with Crippen LogP contribution in [0.5, 0.6) is 0 Å². The molecule has 0 bridgehead atoms. The molecule has 3 aromatic rings. The number of ether oxygens (including phenoxy) is 1. The van der Waals surface area contributed by atoms with E-state index in [1.165, 1.54) is 20.8 Å². The Labute approximate surface area is 323 Å². The van der Waals surface area contributed by atoms with Crippen LogP contribution in [0.15, 0.2) is 91.0 Å². The Balaban J connectivity index is 1.57. The molecular formula is C39H47N7O10. The fourth-order valence-electron chi connectivity index (χ4n) is 5.06. The number of hydrogen-bond acceptors (Lipinski definition) is 9. The van der Waals surface area contributed by atoms with Gasteiger partial charge >= 0.3 is 12.1 Å². The largest absolute Gasteiger partial charge is 0.480 e. The third kappa shape index (κ3) is 15.7. The summed E-state index contributed by atoms with van der Waals surface area (Å²) >= 11 is 0. The van der Waals surface area contributed by atoms with Crippen LogP contribution < -0.4 is 37.2 Å². The standard InChI is InChI=1S/C39H47N7O10/c1-24(34(50)41-22-33(48)49)43-38(54)31(20-28-15-9-5-10-16-28)46-35(51)25(2)42-32(47)21-40-37(53)30(19-27-13-7-4-8-14-27)45-36(52)26(3)44-39(55)56-23-29-17-11-6-12-18-29/h4-18,24-26,30-31H,19-23H2,1-3H3,(H,40,53)(H,41,50)(H,42,47)(H,43,54)(H,44,55)(H,45,52)(H,46,51)(H,48,49)/t24-,25-,26-,30-,31-/m0/s1. The molecule has 17 nitrogen and oxygen atoms in total. The first kappa shape index (κ1) is 43.6. The number of benzene rings is 3. The van der Waals surface area contributed by atoms with Gasteiger partial charge in [-0.05, 0) is 37.5 Å². The Hall–Kier alpha value is -6.78. The van der Waals surface area contributed by atoms with Crippen molar-refractivity contribution in [2.75, 3.05) is 13.1 Å². The molecule has 0 aliphatic rings. The van der Waals surface area contributed by atoms with Crippen molar-refractivity contribution in [3.8, 4) is 0 Å². The molecule has 298 valence electrons. The minimum absolute atomic E-state index is 0.0110. The zero-order valence-corrected chi connectivity index (χ0v) is 31.2. The number of carbonyl (C=O) groups is 8. The molecule has 0 spiro atoms. The van der Waals surface area contributed by atoms with E-state index in [-0.39, 0.29) is 19.4 Å².